The van der Waals surface area contributed by atoms with Gasteiger partial charge in [0.05, 0.1) is 12.7 Å². The van der Waals surface area contributed by atoms with Crippen molar-refractivity contribution in [3.8, 4) is 0 Å². The monoisotopic (exact) mass is 241 g/mol. The summed E-state index contributed by atoms with van der Waals surface area (Å²) in [4.78, 5) is 0. The standard InChI is InChI=1S/C13H17F2NO/c1-16-7-9-4-12(5-9)17-8-10-2-3-11(14)6-13(10)15/h2-3,6,9,12,16H,4-5,7-8H2,1H3. The number of rotatable bonds is 5. The molecule has 1 fully saturated rings. The van der Waals surface area contributed by atoms with E-state index in [-0.39, 0.29) is 12.7 Å². The zero-order valence-corrected chi connectivity index (χ0v) is 9.88. The summed E-state index contributed by atoms with van der Waals surface area (Å²) < 4.78 is 31.5. The van der Waals surface area contributed by atoms with Crippen molar-refractivity contribution < 1.29 is 13.5 Å². The first-order chi connectivity index (χ1) is 8.19. The van der Waals surface area contributed by atoms with Gasteiger partial charge in [0.15, 0.2) is 0 Å². The van der Waals surface area contributed by atoms with Crippen molar-refractivity contribution in [2.75, 3.05) is 13.6 Å². The molecule has 0 spiro atoms. The first kappa shape index (κ1) is 12.5. The van der Waals surface area contributed by atoms with Crippen LogP contribution in [-0.2, 0) is 11.3 Å². The molecule has 94 valence electrons. The van der Waals surface area contributed by atoms with Gasteiger partial charge in [-0.3, -0.25) is 0 Å². The Labute approximate surface area is 100.0 Å². The van der Waals surface area contributed by atoms with E-state index < -0.39 is 11.6 Å². The SMILES string of the molecule is CNCC1CC(OCc2ccc(F)cc2F)C1. The van der Waals surface area contributed by atoms with Gasteiger partial charge in [-0.25, -0.2) is 8.78 Å². The third-order valence-corrected chi connectivity index (χ3v) is 3.17. The average Bonchev–Trinajstić information content (AvgIpc) is 2.23. The second kappa shape index (κ2) is 5.56. The smallest absolute Gasteiger partial charge is 0.131 e. The third-order valence-electron chi connectivity index (χ3n) is 3.17. The maximum Gasteiger partial charge on any atom is 0.131 e. The van der Waals surface area contributed by atoms with Gasteiger partial charge in [0, 0.05) is 11.6 Å². The molecule has 0 aromatic heterocycles. The Morgan fingerprint density at radius 1 is 1.35 bits per heavy atom. The van der Waals surface area contributed by atoms with E-state index in [9.17, 15) is 8.78 Å². The molecule has 2 nitrogen and oxygen atoms in total. The predicted octanol–water partition coefficient (Wildman–Crippen LogP) is 2.48. The lowest BCUT2D eigenvalue weighted by atomic mass is 9.82. The largest absolute Gasteiger partial charge is 0.373 e. The van der Waals surface area contributed by atoms with E-state index in [1.54, 1.807) is 0 Å². The van der Waals surface area contributed by atoms with E-state index >= 15 is 0 Å². The lowest BCUT2D eigenvalue weighted by Gasteiger charge is -2.35. The molecule has 0 amide bonds. The Bertz CT molecular complexity index is 378. The van der Waals surface area contributed by atoms with Crippen molar-refractivity contribution in [1.82, 2.24) is 5.32 Å². The molecule has 0 saturated heterocycles. The van der Waals surface area contributed by atoms with Crippen molar-refractivity contribution >= 4 is 0 Å². The topological polar surface area (TPSA) is 21.3 Å². The van der Waals surface area contributed by atoms with Crippen molar-refractivity contribution in [1.29, 1.82) is 0 Å². The molecule has 1 N–H and O–H groups in total. The highest BCUT2D eigenvalue weighted by atomic mass is 19.1. The van der Waals surface area contributed by atoms with Gasteiger partial charge in [0.25, 0.3) is 0 Å². The molecule has 1 saturated carbocycles. The van der Waals surface area contributed by atoms with E-state index in [1.807, 2.05) is 7.05 Å². The van der Waals surface area contributed by atoms with Gasteiger partial charge >= 0.3 is 0 Å². The molecule has 0 atom stereocenters. The van der Waals surface area contributed by atoms with Crippen LogP contribution in [0.15, 0.2) is 18.2 Å². The molecule has 0 heterocycles. The molecule has 0 bridgehead atoms. The van der Waals surface area contributed by atoms with Crippen LogP contribution < -0.4 is 5.32 Å². The van der Waals surface area contributed by atoms with Crippen LogP contribution in [0.3, 0.4) is 0 Å². The van der Waals surface area contributed by atoms with Crippen LogP contribution in [0, 0.1) is 17.6 Å². The quantitative estimate of drug-likeness (QED) is 0.855. The third kappa shape index (κ3) is 3.23. The Morgan fingerprint density at radius 2 is 2.12 bits per heavy atom. The Balaban J connectivity index is 1.76. The fourth-order valence-corrected chi connectivity index (χ4v) is 2.11. The van der Waals surface area contributed by atoms with Gasteiger partial charge in [-0.05, 0) is 38.4 Å². The Kier molecular flexibility index (Phi) is 4.07. The van der Waals surface area contributed by atoms with Crippen LogP contribution in [0.25, 0.3) is 0 Å². The molecule has 4 heteroatoms. The molecule has 0 unspecified atom stereocenters. The number of ether oxygens (including phenoxy) is 1. The normalized spacial score (nSPS) is 23.5. The Morgan fingerprint density at radius 3 is 2.76 bits per heavy atom. The van der Waals surface area contributed by atoms with Crippen molar-refractivity contribution in [3.05, 3.63) is 35.4 Å². The summed E-state index contributed by atoms with van der Waals surface area (Å²) in [7, 11) is 1.93. The highest BCUT2D eigenvalue weighted by Gasteiger charge is 2.29. The van der Waals surface area contributed by atoms with Gasteiger partial charge in [-0.15, -0.1) is 0 Å². The summed E-state index contributed by atoms with van der Waals surface area (Å²) in [5.41, 5.74) is 0.420. The minimum atomic E-state index is -0.552. The lowest BCUT2D eigenvalue weighted by molar-refractivity contribution is -0.0400. The summed E-state index contributed by atoms with van der Waals surface area (Å²) in [6.07, 6.45) is 2.26. The number of benzene rings is 1. The van der Waals surface area contributed by atoms with E-state index in [2.05, 4.69) is 5.32 Å². The zero-order valence-electron chi connectivity index (χ0n) is 9.88. The van der Waals surface area contributed by atoms with Gasteiger partial charge in [0.1, 0.15) is 11.6 Å². The first-order valence-electron chi connectivity index (χ1n) is 5.89. The molecular weight excluding hydrogens is 224 g/mol. The molecule has 0 aliphatic heterocycles. The van der Waals surface area contributed by atoms with E-state index in [4.69, 9.17) is 4.74 Å². The molecule has 1 aromatic rings. The maximum atomic E-state index is 13.3. The Hall–Kier alpha value is -1.00. The fourth-order valence-electron chi connectivity index (χ4n) is 2.11. The van der Waals surface area contributed by atoms with Gasteiger partial charge in [-0.2, -0.15) is 0 Å². The lowest BCUT2D eigenvalue weighted by Crippen LogP contribution is -2.36. The van der Waals surface area contributed by atoms with E-state index in [0.29, 0.717) is 11.5 Å². The molecule has 0 radical (unpaired) electrons. The summed E-state index contributed by atoms with van der Waals surface area (Å²) in [5, 5.41) is 3.12. The van der Waals surface area contributed by atoms with Crippen LogP contribution in [0.4, 0.5) is 8.78 Å². The second-order valence-corrected chi connectivity index (χ2v) is 4.56. The van der Waals surface area contributed by atoms with Crippen LogP contribution >= 0.6 is 0 Å². The van der Waals surface area contributed by atoms with Gasteiger partial charge in [-0.1, -0.05) is 6.07 Å². The van der Waals surface area contributed by atoms with Crippen LogP contribution in [0.1, 0.15) is 18.4 Å². The van der Waals surface area contributed by atoms with Crippen LogP contribution in [-0.4, -0.2) is 19.7 Å². The van der Waals surface area contributed by atoms with Gasteiger partial charge in [0.2, 0.25) is 0 Å². The summed E-state index contributed by atoms with van der Waals surface area (Å²) in [5.74, 6) is -0.414. The highest BCUT2D eigenvalue weighted by molar-refractivity contribution is 5.17. The number of halogens is 2. The molecule has 2 rings (SSSR count). The van der Waals surface area contributed by atoms with Crippen LogP contribution in [0.5, 0.6) is 0 Å². The zero-order chi connectivity index (χ0) is 12.3. The molecule has 1 aliphatic rings. The summed E-state index contributed by atoms with van der Waals surface area (Å²) >= 11 is 0. The van der Waals surface area contributed by atoms with Crippen LogP contribution in [0.2, 0.25) is 0 Å². The number of nitrogens with one attached hydrogen (secondary N) is 1. The number of hydrogen-bond acceptors (Lipinski definition) is 2. The highest BCUT2D eigenvalue weighted by Crippen LogP contribution is 2.30. The van der Waals surface area contributed by atoms with E-state index in [1.165, 1.54) is 12.1 Å². The molecule has 1 aliphatic carbocycles. The predicted molar refractivity (Wildman–Crippen MR) is 61.6 cm³/mol. The maximum absolute atomic E-state index is 13.3. The summed E-state index contributed by atoms with van der Waals surface area (Å²) in [6, 6.07) is 3.59. The first-order valence-corrected chi connectivity index (χ1v) is 5.89. The molecular formula is C13H17F2NO. The minimum Gasteiger partial charge on any atom is -0.373 e. The number of hydrogen-bond donors (Lipinski definition) is 1. The minimum absolute atomic E-state index is 0.220. The van der Waals surface area contributed by atoms with Crippen molar-refractivity contribution in [2.45, 2.75) is 25.6 Å². The van der Waals surface area contributed by atoms with Crippen molar-refractivity contribution in [2.24, 2.45) is 5.92 Å². The van der Waals surface area contributed by atoms with Gasteiger partial charge < -0.3 is 10.1 Å². The molecule has 1 aromatic carbocycles. The average molecular weight is 241 g/mol. The fraction of sp³-hybridized carbons (Fsp3) is 0.538. The van der Waals surface area contributed by atoms with Crippen molar-refractivity contribution in [3.63, 3.8) is 0 Å². The summed E-state index contributed by atoms with van der Waals surface area (Å²) in [6.45, 7) is 1.23. The van der Waals surface area contributed by atoms with E-state index in [0.717, 1.165) is 25.5 Å². The second-order valence-electron chi connectivity index (χ2n) is 4.56. The molecule has 17 heavy (non-hydrogen) atoms.